The van der Waals surface area contributed by atoms with Crippen molar-refractivity contribution in [3.8, 4) is 0 Å². The van der Waals surface area contributed by atoms with Gasteiger partial charge in [-0.05, 0) is 42.7 Å². The fourth-order valence-electron chi connectivity index (χ4n) is 3.22. The summed E-state index contributed by atoms with van der Waals surface area (Å²) in [5, 5.41) is 5.06. The van der Waals surface area contributed by atoms with Crippen LogP contribution in [0.3, 0.4) is 0 Å². The summed E-state index contributed by atoms with van der Waals surface area (Å²) in [6.45, 7) is 0.487. The van der Waals surface area contributed by atoms with E-state index in [0.29, 0.717) is 22.3 Å². The number of thiophene rings is 1. The number of amides is 2. The smallest absolute Gasteiger partial charge is 0.313 e. The van der Waals surface area contributed by atoms with Crippen LogP contribution in [-0.4, -0.2) is 46.7 Å². The van der Waals surface area contributed by atoms with E-state index in [1.54, 1.807) is 30.3 Å². The van der Waals surface area contributed by atoms with Crippen LogP contribution in [0, 0.1) is 0 Å². The zero-order chi connectivity index (χ0) is 21.9. The summed E-state index contributed by atoms with van der Waals surface area (Å²) in [4.78, 5) is 25.3. The number of carbonyl (C=O) groups excluding carboxylic acids is 2. The van der Waals surface area contributed by atoms with Crippen molar-refractivity contribution in [2.24, 2.45) is 0 Å². The molecule has 162 valence electrons. The number of fused-ring (bicyclic) bond motifs is 1. The Kier molecular flexibility index (Phi) is 7.02. The standard InChI is InChI=1S/C19H22ClN3O5S2/c1-28-15(16-7-8-17(20)29-16)11-21-18(24)19(25)22-13-6-5-12-4-3-9-23(14(12)10-13)30(2,26)27/h5-8,10,15H,3-4,9,11H2,1-2H3,(H,21,24)(H,22,25). The second-order valence-corrected chi connectivity index (χ2v) is 10.5. The van der Waals surface area contributed by atoms with E-state index in [-0.39, 0.29) is 6.54 Å². The van der Waals surface area contributed by atoms with Crippen molar-refractivity contribution in [3.63, 3.8) is 0 Å². The Balaban J connectivity index is 1.65. The number of carbonyl (C=O) groups is 2. The Labute approximate surface area is 184 Å². The minimum Gasteiger partial charge on any atom is -0.374 e. The molecule has 1 aromatic heterocycles. The lowest BCUT2D eigenvalue weighted by Crippen LogP contribution is -2.38. The molecule has 0 spiro atoms. The van der Waals surface area contributed by atoms with Gasteiger partial charge in [0.25, 0.3) is 0 Å². The highest BCUT2D eigenvalue weighted by molar-refractivity contribution is 7.92. The number of aryl methyl sites for hydroxylation is 1. The first kappa shape index (κ1) is 22.5. The molecule has 0 aliphatic carbocycles. The first-order chi connectivity index (χ1) is 14.2. The molecule has 2 amide bonds. The number of anilines is 2. The molecule has 1 atom stereocenters. The number of methoxy groups -OCH3 is 1. The quantitative estimate of drug-likeness (QED) is 0.630. The predicted octanol–water partition coefficient (Wildman–Crippen LogP) is 2.56. The third kappa shape index (κ3) is 5.31. The molecule has 2 aromatic rings. The van der Waals surface area contributed by atoms with Gasteiger partial charge in [0, 0.05) is 30.8 Å². The molecule has 8 nitrogen and oxygen atoms in total. The summed E-state index contributed by atoms with van der Waals surface area (Å²) in [7, 11) is -1.92. The van der Waals surface area contributed by atoms with E-state index < -0.39 is 27.9 Å². The van der Waals surface area contributed by atoms with E-state index >= 15 is 0 Å². The van der Waals surface area contributed by atoms with E-state index in [1.807, 2.05) is 0 Å². The van der Waals surface area contributed by atoms with Crippen molar-refractivity contribution in [1.82, 2.24) is 5.32 Å². The van der Waals surface area contributed by atoms with Gasteiger partial charge in [-0.1, -0.05) is 17.7 Å². The first-order valence-electron chi connectivity index (χ1n) is 9.17. The van der Waals surface area contributed by atoms with Gasteiger partial charge in [0.05, 0.1) is 16.3 Å². The van der Waals surface area contributed by atoms with E-state index in [2.05, 4.69) is 10.6 Å². The number of rotatable bonds is 6. The van der Waals surface area contributed by atoms with Crippen LogP contribution in [0.1, 0.15) is 23.0 Å². The van der Waals surface area contributed by atoms with Crippen LogP contribution in [0.25, 0.3) is 0 Å². The molecule has 0 saturated heterocycles. The maximum Gasteiger partial charge on any atom is 0.313 e. The van der Waals surface area contributed by atoms with Crippen molar-refractivity contribution in [2.45, 2.75) is 18.9 Å². The monoisotopic (exact) mass is 471 g/mol. The van der Waals surface area contributed by atoms with Crippen LogP contribution in [0.2, 0.25) is 4.34 Å². The Morgan fingerprint density at radius 1 is 1.27 bits per heavy atom. The molecular formula is C19H22ClN3O5S2. The Morgan fingerprint density at radius 3 is 2.67 bits per heavy atom. The third-order valence-electron chi connectivity index (χ3n) is 4.67. The Bertz CT molecular complexity index is 1050. The van der Waals surface area contributed by atoms with Gasteiger partial charge >= 0.3 is 11.8 Å². The average Bonchev–Trinajstić information content (AvgIpc) is 3.13. The molecule has 1 aromatic carbocycles. The number of ether oxygens (including phenoxy) is 1. The van der Waals surface area contributed by atoms with Gasteiger partial charge in [-0.3, -0.25) is 13.9 Å². The highest BCUT2D eigenvalue weighted by Crippen LogP contribution is 2.32. The van der Waals surface area contributed by atoms with Crippen LogP contribution in [-0.2, 0) is 30.8 Å². The SMILES string of the molecule is COC(CNC(=O)C(=O)Nc1ccc2c(c1)N(S(C)(=O)=O)CCC2)c1ccc(Cl)s1. The zero-order valence-electron chi connectivity index (χ0n) is 16.5. The summed E-state index contributed by atoms with van der Waals surface area (Å²) in [6, 6.07) is 8.53. The zero-order valence-corrected chi connectivity index (χ0v) is 18.9. The van der Waals surface area contributed by atoms with Crippen molar-refractivity contribution in [1.29, 1.82) is 0 Å². The molecule has 0 bridgehead atoms. The fourth-order valence-corrected chi connectivity index (χ4v) is 5.34. The molecule has 0 fully saturated rings. The van der Waals surface area contributed by atoms with Gasteiger partial charge in [-0.15, -0.1) is 11.3 Å². The summed E-state index contributed by atoms with van der Waals surface area (Å²) < 4.78 is 31.4. The minimum atomic E-state index is -3.43. The predicted molar refractivity (Wildman–Crippen MR) is 118 cm³/mol. The number of halogens is 1. The summed E-state index contributed by atoms with van der Waals surface area (Å²) in [5.74, 6) is -1.67. The molecule has 3 rings (SSSR count). The molecule has 0 radical (unpaired) electrons. The number of benzene rings is 1. The second-order valence-electron chi connectivity index (χ2n) is 6.81. The fraction of sp³-hybridized carbons (Fsp3) is 0.368. The van der Waals surface area contributed by atoms with Gasteiger partial charge < -0.3 is 15.4 Å². The van der Waals surface area contributed by atoms with Crippen molar-refractivity contribution < 1.29 is 22.7 Å². The molecule has 2 N–H and O–H groups in total. The van der Waals surface area contributed by atoms with Crippen molar-refractivity contribution in [2.75, 3.05) is 36.1 Å². The van der Waals surface area contributed by atoms with Gasteiger partial charge in [0.1, 0.15) is 6.10 Å². The summed E-state index contributed by atoms with van der Waals surface area (Å²) >= 11 is 7.26. The van der Waals surface area contributed by atoms with Gasteiger partial charge in [-0.25, -0.2) is 8.42 Å². The maximum atomic E-state index is 12.3. The Morgan fingerprint density at radius 2 is 2.03 bits per heavy atom. The Hall–Kier alpha value is -2.14. The summed E-state index contributed by atoms with van der Waals surface area (Å²) in [6.07, 6.45) is 2.20. The number of hydrogen-bond donors (Lipinski definition) is 2. The second kappa shape index (κ2) is 9.34. The molecule has 0 saturated carbocycles. The van der Waals surface area contributed by atoms with Gasteiger partial charge in [0.15, 0.2) is 0 Å². The third-order valence-corrected chi connectivity index (χ3v) is 7.17. The average molecular weight is 472 g/mol. The largest absolute Gasteiger partial charge is 0.374 e. The summed E-state index contributed by atoms with van der Waals surface area (Å²) in [5.41, 5.74) is 1.75. The topological polar surface area (TPSA) is 105 Å². The lowest BCUT2D eigenvalue weighted by atomic mass is 10.0. The van der Waals surface area contributed by atoms with E-state index in [9.17, 15) is 18.0 Å². The highest BCUT2D eigenvalue weighted by atomic mass is 35.5. The molecule has 30 heavy (non-hydrogen) atoms. The number of nitrogens with one attached hydrogen (secondary N) is 2. The highest BCUT2D eigenvalue weighted by Gasteiger charge is 2.25. The number of nitrogens with zero attached hydrogens (tertiary/aromatic N) is 1. The molecular weight excluding hydrogens is 450 g/mol. The molecule has 1 unspecified atom stereocenters. The number of sulfonamides is 1. The number of hydrogen-bond acceptors (Lipinski definition) is 6. The van der Waals surface area contributed by atoms with Crippen molar-refractivity contribution >= 4 is 56.2 Å². The molecule has 11 heteroatoms. The van der Waals surface area contributed by atoms with E-state index in [0.717, 1.165) is 29.5 Å². The van der Waals surface area contributed by atoms with E-state index in [4.69, 9.17) is 16.3 Å². The van der Waals surface area contributed by atoms with Gasteiger partial charge in [0.2, 0.25) is 10.0 Å². The van der Waals surface area contributed by atoms with Crippen LogP contribution in [0.15, 0.2) is 30.3 Å². The maximum absolute atomic E-state index is 12.3. The van der Waals surface area contributed by atoms with Crippen LogP contribution in [0.4, 0.5) is 11.4 Å². The van der Waals surface area contributed by atoms with Gasteiger partial charge in [-0.2, -0.15) is 0 Å². The lowest BCUT2D eigenvalue weighted by Gasteiger charge is -2.29. The normalized spacial score (nSPS) is 14.7. The van der Waals surface area contributed by atoms with Crippen LogP contribution >= 0.6 is 22.9 Å². The molecule has 1 aliphatic heterocycles. The van der Waals surface area contributed by atoms with E-state index in [1.165, 1.54) is 22.8 Å². The minimum absolute atomic E-state index is 0.103. The van der Waals surface area contributed by atoms with Crippen LogP contribution in [0.5, 0.6) is 0 Å². The molecule has 1 aliphatic rings. The van der Waals surface area contributed by atoms with Crippen molar-refractivity contribution in [3.05, 3.63) is 45.1 Å². The van der Waals surface area contributed by atoms with Crippen LogP contribution < -0.4 is 14.9 Å². The first-order valence-corrected chi connectivity index (χ1v) is 12.2. The lowest BCUT2D eigenvalue weighted by molar-refractivity contribution is -0.136. The molecule has 2 heterocycles.